The molecule has 0 aliphatic carbocycles. The molecule has 0 bridgehead atoms. The Bertz CT molecular complexity index is 698. The number of hydrogen-bond acceptors (Lipinski definition) is 4. The van der Waals surface area contributed by atoms with E-state index < -0.39 is 0 Å². The number of amides is 1. The van der Waals surface area contributed by atoms with Gasteiger partial charge in [0, 0.05) is 50.3 Å². The van der Waals surface area contributed by atoms with Crippen molar-refractivity contribution in [3.63, 3.8) is 0 Å². The summed E-state index contributed by atoms with van der Waals surface area (Å²) >= 11 is 1.85. The third kappa shape index (κ3) is 4.86. The standard InChI is InChI=1S/C19H26N4OS/c1-14-3-5-15(6-4-14)13-25-8-7-21-19(24)18-11-20-10-17(18)16-9-22-23(2)12-16/h3-6,9,12,17-18,20H,7-8,10-11,13H2,1-2H3,(H,21,24)/t17-,18+/m1/s1. The molecule has 2 heterocycles. The zero-order valence-corrected chi connectivity index (χ0v) is 15.7. The van der Waals surface area contributed by atoms with Crippen molar-refractivity contribution in [1.82, 2.24) is 20.4 Å². The van der Waals surface area contributed by atoms with Crippen molar-refractivity contribution < 1.29 is 4.79 Å². The van der Waals surface area contributed by atoms with Crippen LogP contribution < -0.4 is 10.6 Å². The second kappa shape index (κ2) is 8.54. The fourth-order valence-corrected chi connectivity index (χ4v) is 4.01. The highest BCUT2D eigenvalue weighted by Crippen LogP contribution is 2.27. The van der Waals surface area contributed by atoms with Gasteiger partial charge in [-0.2, -0.15) is 16.9 Å². The summed E-state index contributed by atoms with van der Waals surface area (Å²) < 4.78 is 1.80. The first-order valence-electron chi connectivity index (χ1n) is 8.74. The maximum absolute atomic E-state index is 12.5. The Balaban J connectivity index is 1.40. The molecule has 1 fully saturated rings. The number of aryl methyl sites for hydroxylation is 2. The molecule has 1 saturated heterocycles. The molecule has 1 aliphatic heterocycles. The lowest BCUT2D eigenvalue weighted by Gasteiger charge is -2.17. The first-order chi connectivity index (χ1) is 12.1. The summed E-state index contributed by atoms with van der Waals surface area (Å²) in [7, 11) is 1.91. The lowest BCUT2D eigenvalue weighted by atomic mass is 9.90. The normalized spacial score (nSPS) is 19.9. The summed E-state index contributed by atoms with van der Waals surface area (Å²) in [4.78, 5) is 12.5. The average molecular weight is 359 g/mol. The van der Waals surface area contributed by atoms with E-state index in [0.717, 1.165) is 30.2 Å². The van der Waals surface area contributed by atoms with Crippen molar-refractivity contribution in [2.45, 2.75) is 18.6 Å². The number of aromatic nitrogens is 2. The number of nitrogens with zero attached hydrogens (tertiary/aromatic N) is 2. The van der Waals surface area contributed by atoms with Gasteiger partial charge in [0.15, 0.2) is 0 Å². The van der Waals surface area contributed by atoms with Crippen molar-refractivity contribution in [3.8, 4) is 0 Å². The van der Waals surface area contributed by atoms with Gasteiger partial charge < -0.3 is 10.6 Å². The van der Waals surface area contributed by atoms with Crippen molar-refractivity contribution in [1.29, 1.82) is 0 Å². The Morgan fingerprint density at radius 2 is 2.16 bits per heavy atom. The van der Waals surface area contributed by atoms with Crippen LogP contribution in [0.2, 0.25) is 0 Å². The fourth-order valence-electron chi connectivity index (χ4n) is 3.19. The van der Waals surface area contributed by atoms with Crippen LogP contribution in [0.5, 0.6) is 0 Å². The van der Waals surface area contributed by atoms with Gasteiger partial charge in [-0.1, -0.05) is 29.8 Å². The van der Waals surface area contributed by atoms with E-state index in [1.54, 1.807) is 4.68 Å². The summed E-state index contributed by atoms with van der Waals surface area (Å²) in [5.41, 5.74) is 3.76. The third-order valence-electron chi connectivity index (χ3n) is 4.64. The molecule has 2 N–H and O–H groups in total. The predicted molar refractivity (Wildman–Crippen MR) is 103 cm³/mol. The topological polar surface area (TPSA) is 59.0 Å². The van der Waals surface area contributed by atoms with E-state index >= 15 is 0 Å². The second-order valence-electron chi connectivity index (χ2n) is 6.65. The van der Waals surface area contributed by atoms with Crippen LogP contribution in [0.15, 0.2) is 36.7 Å². The Kier molecular flexibility index (Phi) is 6.15. The number of benzene rings is 1. The maximum atomic E-state index is 12.5. The summed E-state index contributed by atoms with van der Waals surface area (Å²) in [6.45, 7) is 4.39. The third-order valence-corrected chi connectivity index (χ3v) is 5.67. The molecule has 0 radical (unpaired) electrons. The molecule has 0 spiro atoms. The maximum Gasteiger partial charge on any atom is 0.225 e. The number of carbonyl (C=O) groups is 1. The van der Waals surface area contributed by atoms with Crippen LogP contribution in [0.1, 0.15) is 22.6 Å². The minimum atomic E-state index is -0.00806. The van der Waals surface area contributed by atoms with Crippen LogP contribution in [0.4, 0.5) is 0 Å². The van der Waals surface area contributed by atoms with Gasteiger partial charge in [-0.25, -0.2) is 0 Å². The molecule has 1 aliphatic rings. The molecule has 6 heteroatoms. The molecule has 1 aromatic carbocycles. The molecule has 5 nitrogen and oxygen atoms in total. The molecular formula is C19H26N4OS. The van der Waals surface area contributed by atoms with Crippen LogP contribution in [0, 0.1) is 12.8 Å². The summed E-state index contributed by atoms with van der Waals surface area (Å²) in [6.07, 6.45) is 3.88. The van der Waals surface area contributed by atoms with E-state index in [2.05, 4.69) is 46.9 Å². The second-order valence-corrected chi connectivity index (χ2v) is 7.75. The highest BCUT2D eigenvalue weighted by Gasteiger charge is 2.34. The van der Waals surface area contributed by atoms with E-state index in [4.69, 9.17) is 0 Å². The Hall–Kier alpha value is -1.79. The monoisotopic (exact) mass is 358 g/mol. The van der Waals surface area contributed by atoms with Crippen molar-refractivity contribution in [2.75, 3.05) is 25.4 Å². The van der Waals surface area contributed by atoms with Gasteiger partial charge in [0.05, 0.1) is 12.1 Å². The summed E-state index contributed by atoms with van der Waals surface area (Å²) in [5, 5.41) is 10.7. The van der Waals surface area contributed by atoms with E-state index in [0.29, 0.717) is 6.54 Å². The molecule has 25 heavy (non-hydrogen) atoms. The van der Waals surface area contributed by atoms with Crippen molar-refractivity contribution >= 4 is 17.7 Å². The number of rotatable bonds is 7. The first-order valence-corrected chi connectivity index (χ1v) is 9.89. The number of carbonyl (C=O) groups excluding carboxylic acids is 1. The predicted octanol–water partition coefficient (Wildman–Crippen LogP) is 2.08. The van der Waals surface area contributed by atoms with Gasteiger partial charge in [0.1, 0.15) is 0 Å². The van der Waals surface area contributed by atoms with E-state index in [1.165, 1.54) is 11.1 Å². The molecule has 0 saturated carbocycles. The minimum absolute atomic E-state index is 0.00806. The molecule has 1 amide bonds. The van der Waals surface area contributed by atoms with E-state index in [-0.39, 0.29) is 17.7 Å². The van der Waals surface area contributed by atoms with Gasteiger partial charge in [0.25, 0.3) is 0 Å². The summed E-state index contributed by atoms with van der Waals surface area (Å²) in [5.74, 6) is 2.27. The minimum Gasteiger partial charge on any atom is -0.355 e. The zero-order chi connectivity index (χ0) is 17.6. The highest BCUT2D eigenvalue weighted by molar-refractivity contribution is 7.98. The Morgan fingerprint density at radius 3 is 2.88 bits per heavy atom. The van der Waals surface area contributed by atoms with Gasteiger partial charge in [-0.15, -0.1) is 0 Å². The zero-order valence-electron chi connectivity index (χ0n) is 14.9. The number of hydrogen-bond donors (Lipinski definition) is 2. The fraction of sp³-hybridized carbons (Fsp3) is 0.474. The molecule has 134 valence electrons. The van der Waals surface area contributed by atoms with Gasteiger partial charge in [-0.05, 0) is 18.1 Å². The van der Waals surface area contributed by atoms with Gasteiger partial charge in [-0.3, -0.25) is 9.48 Å². The molecule has 0 unspecified atom stereocenters. The van der Waals surface area contributed by atoms with Crippen LogP contribution in [-0.4, -0.2) is 41.1 Å². The van der Waals surface area contributed by atoms with Gasteiger partial charge in [0.2, 0.25) is 5.91 Å². The number of nitrogens with one attached hydrogen (secondary N) is 2. The summed E-state index contributed by atoms with van der Waals surface area (Å²) in [6, 6.07) is 8.62. The van der Waals surface area contributed by atoms with Crippen molar-refractivity contribution in [2.24, 2.45) is 13.0 Å². The Labute approximate surface area is 153 Å². The van der Waals surface area contributed by atoms with Crippen LogP contribution in [0.25, 0.3) is 0 Å². The largest absolute Gasteiger partial charge is 0.355 e. The molecular weight excluding hydrogens is 332 g/mol. The SMILES string of the molecule is Cc1ccc(CSCCNC(=O)[C@H]2CNC[C@@H]2c2cnn(C)c2)cc1. The first kappa shape index (κ1) is 18.0. The van der Waals surface area contributed by atoms with Gasteiger partial charge >= 0.3 is 0 Å². The van der Waals surface area contributed by atoms with E-state index in [1.807, 2.05) is 31.2 Å². The molecule has 2 atom stereocenters. The van der Waals surface area contributed by atoms with Crippen LogP contribution in [0.3, 0.4) is 0 Å². The molecule has 2 aromatic rings. The van der Waals surface area contributed by atoms with E-state index in [9.17, 15) is 4.79 Å². The van der Waals surface area contributed by atoms with Crippen LogP contribution in [-0.2, 0) is 17.6 Å². The average Bonchev–Trinajstić information content (AvgIpc) is 3.24. The van der Waals surface area contributed by atoms with Crippen LogP contribution >= 0.6 is 11.8 Å². The lowest BCUT2D eigenvalue weighted by molar-refractivity contribution is -0.124. The molecule has 1 aromatic heterocycles. The van der Waals surface area contributed by atoms with Crippen molar-refractivity contribution in [3.05, 3.63) is 53.3 Å². The quantitative estimate of drug-likeness (QED) is 0.744. The number of thioether (sulfide) groups is 1. The molecule has 3 rings (SSSR count). The Morgan fingerprint density at radius 1 is 1.36 bits per heavy atom. The lowest BCUT2D eigenvalue weighted by Crippen LogP contribution is -2.35. The highest BCUT2D eigenvalue weighted by atomic mass is 32.2. The smallest absolute Gasteiger partial charge is 0.225 e.